The van der Waals surface area contributed by atoms with Crippen molar-refractivity contribution in [3.8, 4) is 0 Å². The second-order valence-electron chi connectivity index (χ2n) is 2.56. The van der Waals surface area contributed by atoms with Gasteiger partial charge in [-0.05, 0) is 23.3 Å². The van der Waals surface area contributed by atoms with E-state index < -0.39 is 0 Å². The van der Waals surface area contributed by atoms with Crippen LogP contribution in [0.15, 0.2) is 12.3 Å². The molecular weight excluding hydrogens is 124 g/mol. The summed E-state index contributed by atoms with van der Waals surface area (Å²) >= 11 is 0. The summed E-state index contributed by atoms with van der Waals surface area (Å²) in [6.07, 6.45) is 6.02. The van der Waals surface area contributed by atoms with Gasteiger partial charge in [0.1, 0.15) is 0 Å². The largest absolute Gasteiger partial charge is 0.159 e. The van der Waals surface area contributed by atoms with Gasteiger partial charge in [-0.1, -0.05) is 13.0 Å². The molecule has 0 radical (unpaired) electrons. The summed E-state index contributed by atoms with van der Waals surface area (Å²) in [5.41, 5.74) is 0. The summed E-state index contributed by atoms with van der Waals surface area (Å²) < 4.78 is 0. The van der Waals surface area contributed by atoms with Crippen molar-refractivity contribution in [1.29, 1.82) is 0 Å². The summed E-state index contributed by atoms with van der Waals surface area (Å²) in [6, 6.07) is 1.99. The average molecular weight is 132 g/mol. The van der Waals surface area contributed by atoms with Crippen molar-refractivity contribution in [2.75, 3.05) is 0 Å². The smallest absolute Gasteiger partial charge is 0.0892 e. The first-order valence-corrected chi connectivity index (χ1v) is 3.38. The van der Waals surface area contributed by atoms with Crippen LogP contribution in [0.1, 0.15) is 6.92 Å². The van der Waals surface area contributed by atoms with E-state index in [0.717, 1.165) is 5.35 Å². The first-order valence-electron chi connectivity index (χ1n) is 3.38. The van der Waals surface area contributed by atoms with E-state index in [0.29, 0.717) is 5.92 Å². The second-order valence-corrected chi connectivity index (χ2v) is 2.56. The zero-order chi connectivity index (χ0) is 6.97. The quantitative estimate of drug-likeness (QED) is 0.484. The van der Waals surface area contributed by atoms with Gasteiger partial charge in [-0.2, -0.15) is 10.2 Å². The molecule has 1 aromatic rings. The van der Waals surface area contributed by atoms with Crippen LogP contribution in [-0.4, -0.2) is 10.2 Å². The van der Waals surface area contributed by atoms with Crippen molar-refractivity contribution in [3.63, 3.8) is 0 Å². The van der Waals surface area contributed by atoms with Crippen LogP contribution in [0.3, 0.4) is 0 Å². The summed E-state index contributed by atoms with van der Waals surface area (Å²) in [6.45, 7) is 2.14. The molecule has 1 unspecified atom stereocenters. The topological polar surface area (TPSA) is 25.8 Å². The zero-order valence-electron chi connectivity index (χ0n) is 5.78. The number of nitrogens with zero attached hydrogens (tertiary/aromatic N) is 2. The van der Waals surface area contributed by atoms with Crippen LogP contribution >= 0.6 is 0 Å². The fraction of sp³-hybridized carbons (Fsp3) is 0.250. The van der Waals surface area contributed by atoms with Gasteiger partial charge >= 0.3 is 0 Å². The minimum absolute atomic E-state index is 0.520. The lowest BCUT2D eigenvalue weighted by molar-refractivity contribution is 0.980. The molecule has 0 amide bonds. The molecule has 2 heteroatoms. The SMILES string of the molecule is CC1C=c2ccnnc2=C1. The lowest BCUT2D eigenvalue weighted by Crippen LogP contribution is -2.25. The van der Waals surface area contributed by atoms with Gasteiger partial charge in [0.05, 0.1) is 11.5 Å². The first kappa shape index (κ1) is 5.59. The highest BCUT2D eigenvalue weighted by atomic mass is 15.1. The normalized spacial score (nSPS) is 21.1. The number of hydrogen-bond donors (Lipinski definition) is 0. The predicted molar refractivity (Wildman–Crippen MR) is 39.4 cm³/mol. The Labute approximate surface area is 58.9 Å². The van der Waals surface area contributed by atoms with Gasteiger partial charge in [0.15, 0.2) is 0 Å². The number of rotatable bonds is 0. The molecule has 2 nitrogen and oxygen atoms in total. The van der Waals surface area contributed by atoms with Gasteiger partial charge < -0.3 is 0 Å². The highest BCUT2D eigenvalue weighted by molar-refractivity contribution is 5.47. The third kappa shape index (κ3) is 0.727. The third-order valence-corrected chi connectivity index (χ3v) is 1.65. The minimum atomic E-state index is 0.520. The summed E-state index contributed by atoms with van der Waals surface area (Å²) in [5.74, 6) is 0.520. The Morgan fingerprint density at radius 1 is 1.40 bits per heavy atom. The summed E-state index contributed by atoms with van der Waals surface area (Å²) in [5, 5.41) is 10.00. The van der Waals surface area contributed by atoms with E-state index in [4.69, 9.17) is 0 Å². The number of aromatic nitrogens is 2. The molecule has 1 aliphatic rings. The summed E-state index contributed by atoms with van der Waals surface area (Å²) in [7, 11) is 0. The van der Waals surface area contributed by atoms with Gasteiger partial charge in [0.25, 0.3) is 0 Å². The molecule has 0 saturated heterocycles. The Hall–Kier alpha value is -1.18. The Kier molecular flexibility index (Phi) is 1.07. The van der Waals surface area contributed by atoms with Crippen LogP contribution in [0, 0.1) is 5.92 Å². The van der Waals surface area contributed by atoms with Crippen molar-refractivity contribution < 1.29 is 0 Å². The van der Waals surface area contributed by atoms with E-state index in [-0.39, 0.29) is 0 Å². The highest BCUT2D eigenvalue weighted by Gasteiger charge is 2.00. The summed E-state index contributed by atoms with van der Waals surface area (Å²) in [4.78, 5) is 0. The molecule has 0 spiro atoms. The van der Waals surface area contributed by atoms with Crippen molar-refractivity contribution >= 4 is 12.2 Å². The molecule has 0 fully saturated rings. The van der Waals surface area contributed by atoms with Crippen LogP contribution in [0.5, 0.6) is 0 Å². The van der Waals surface area contributed by atoms with E-state index in [1.165, 1.54) is 5.22 Å². The Balaban J connectivity index is 2.83. The van der Waals surface area contributed by atoms with E-state index in [1.807, 2.05) is 6.07 Å². The van der Waals surface area contributed by atoms with Crippen molar-refractivity contribution in [2.24, 2.45) is 5.92 Å². The molecule has 0 aromatic carbocycles. The molecule has 0 aliphatic heterocycles. The van der Waals surface area contributed by atoms with Gasteiger partial charge in [0, 0.05) is 0 Å². The van der Waals surface area contributed by atoms with E-state index in [9.17, 15) is 0 Å². The molecule has 1 aromatic heterocycles. The fourth-order valence-electron chi connectivity index (χ4n) is 1.20. The Bertz CT molecular complexity index is 319. The van der Waals surface area contributed by atoms with Crippen LogP contribution < -0.4 is 10.6 Å². The Morgan fingerprint density at radius 3 is 3.10 bits per heavy atom. The van der Waals surface area contributed by atoms with Crippen LogP contribution in [0.2, 0.25) is 0 Å². The number of hydrogen-bond acceptors (Lipinski definition) is 2. The molecule has 0 N–H and O–H groups in total. The first-order chi connectivity index (χ1) is 4.86. The van der Waals surface area contributed by atoms with Gasteiger partial charge in [0.2, 0.25) is 0 Å². The van der Waals surface area contributed by atoms with Gasteiger partial charge in [-0.3, -0.25) is 0 Å². The monoisotopic (exact) mass is 132 g/mol. The molecule has 0 bridgehead atoms. The predicted octanol–water partition coefficient (Wildman–Crippen LogP) is -0.313. The molecule has 50 valence electrons. The molecule has 1 aliphatic carbocycles. The van der Waals surface area contributed by atoms with E-state index in [2.05, 4.69) is 29.3 Å². The van der Waals surface area contributed by atoms with E-state index >= 15 is 0 Å². The molecule has 2 rings (SSSR count). The van der Waals surface area contributed by atoms with Crippen LogP contribution in [0.4, 0.5) is 0 Å². The highest BCUT2D eigenvalue weighted by Crippen LogP contribution is 1.99. The van der Waals surface area contributed by atoms with E-state index in [1.54, 1.807) is 6.20 Å². The third-order valence-electron chi connectivity index (χ3n) is 1.65. The lowest BCUT2D eigenvalue weighted by atomic mass is 10.2. The molecule has 0 saturated carbocycles. The zero-order valence-corrected chi connectivity index (χ0v) is 5.78. The van der Waals surface area contributed by atoms with Crippen molar-refractivity contribution in [2.45, 2.75) is 6.92 Å². The molecule has 1 heterocycles. The molecule has 1 atom stereocenters. The fourth-order valence-corrected chi connectivity index (χ4v) is 1.20. The second kappa shape index (κ2) is 1.90. The maximum Gasteiger partial charge on any atom is 0.0892 e. The van der Waals surface area contributed by atoms with Crippen LogP contribution in [-0.2, 0) is 0 Å². The number of fused-ring (bicyclic) bond motifs is 1. The minimum Gasteiger partial charge on any atom is -0.159 e. The van der Waals surface area contributed by atoms with Gasteiger partial charge in [-0.15, -0.1) is 0 Å². The van der Waals surface area contributed by atoms with Crippen LogP contribution in [0.25, 0.3) is 12.2 Å². The lowest BCUT2D eigenvalue weighted by Gasteiger charge is -1.84. The average Bonchev–Trinajstić information content (AvgIpc) is 2.27. The maximum atomic E-state index is 3.97. The van der Waals surface area contributed by atoms with Gasteiger partial charge in [-0.25, -0.2) is 0 Å². The maximum absolute atomic E-state index is 3.97. The molecular formula is C8H8N2. The van der Waals surface area contributed by atoms with Crippen molar-refractivity contribution in [1.82, 2.24) is 10.2 Å². The molecule has 10 heavy (non-hydrogen) atoms. The van der Waals surface area contributed by atoms with Crippen molar-refractivity contribution in [3.05, 3.63) is 22.8 Å². The Morgan fingerprint density at radius 2 is 2.30 bits per heavy atom. The standard InChI is InChI=1S/C8H8N2/c1-6-4-7-2-3-9-10-8(7)5-6/h2-6H,1H3.